The zero-order valence-corrected chi connectivity index (χ0v) is 7.86. The van der Waals surface area contributed by atoms with E-state index in [1.165, 1.54) is 25.7 Å². The summed E-state index contributed by atoms with van der Waals surface area (Å²) in [6.07, 6.45) is 5.30. The van der Waals surface area contributed by atoms with Crippen LogP contribution in [0.1, 0.15) is 32.0 Å². The van der Waals surface area contributed by atoms with Crippen LogP contribution >= 0.6 is 0 Å². The van der Waals surface area contributed by atoms with Gasteiger partial charge in [0.15, 0.2) is 5.82 Å². The van der Waals surface area contributed by atoms with Gasteiger partial charge in [-0.3, -0.25) is 0 Å². The Morgan fingerprint density at radius 2 is 2.54 bits per heavy atom. The maximum absolute atomic E-state index is 4.66. The minimum atomic E-state index is 0.638. The summed E-state index contributed by atoms with van der Waals surface area (Å²) < 4.78 is 4.66. The molecule has 1 fully saturated rings. The molecule has 0 aliphatic heterocycles. The van der Waals surface area contributed by atoms with Gasteiger partial charge in [0, 0.05) is 6.04 Å². The van der Waals surface area contributed by atoms with Gasteiger partial charge in [0.05, 0.1) is 6.54 Å². The van der Waals surface area contributed by atoms with Crippen molar-refractivity contribution < 1.29 is 4.52 Å². The third-order valence-corrected chi connectivity index (χ3v) is 2.56. The molecule has 1 N–H and O–H groups in total. The summed E-state index contributed by atoms with van der Waals surface area (Å²) >= 11 is 0. The minimum Gasteiger partial charge on any atom is -0.343 e. The molecular weight excluding hydrogens is 166 g/mol. The van der Waals surface area contributed by atoms with E-state index in [1.807, 2.05) is 0 Å². The summed E-state index contributed by atoms with van der Waals surface area (Å²) in [5.74, 6) is 1.64. The molecule has 1 aromatic heterocycles. The van der Waals surface area contributed by atoms with Crippen molar-refractivity contribution in [2.45, 2.75) is 38.8 Å². The first-order chi connectivity index (χ1) is 6.40. The van der Waals surface area contributed by atoms with E-state index in [2.05, 4.69) is 26.9 Å². The number of nitrogens with zero attached hydrogens (tertiary/aromatic N) is 2. The number of nitrogens with one attached hydrogen (secondary N) is 1. The fourth-order valence-electron chi connectivity index (χ4n) is 1.64. The van der Waals surface area contributed by atoms with Crippen LogP contribution in [0.2, 0.25) is 0 Å². The summed E-state index contributed by atoms with van der Waals surface area (Å²) in [4.78, 5) is 3.96. The first-order valence-corrected chi connectivity index (χ1v) is 4.88. The van der Waals surface area contributed by atoms with Crippen LogP contribution in [-0.4, -0.2) is 16.2 Å². The second kappa shape index (κ2) is 3.87. The molecule has 1 saturated carbocycles. The second-order valence-electron chi connectivity index (χ2n) is 3.58. The van der Waals surface area contributed by atoms with Gasteiger partial charge in [0.2, 0.25) is 6.39 Å². The predicted molar refractivity (Wildman–Crippen MR) is 47.9 cm³/mol. The molecule has 4 heteroatoms. The van der Waals surface area contributed by atoms with Crippen molar-refractivity contribution in [3.05, 3.63) is 12.2 Å². The third-order valence-electron chi connectivity index (χ3n) is 2.56. The quantitative estimate of drug-likeness (QED) is 0.745. The highest BCUT2D eigenvalue weighted by molar-refractivity contribution is 4.87. The molecule has 0 amide bonds. The van der Waals surface area contributed by atoms with Crippen LogP contribution in [0.5, 0.6) is 0 Å². The Morgan fingerprint density at radius 3 is 3.08 bits per heavy atom. The summed E-state index contributed by atoms with van der Waals surface area (Å²) in [7, 11) is 0. The summed E-state index contributed by atoms with van der Waals surface area (Å²) in [5.41, 5.74) is 0. The van der Waals surface area contributed by atoms with E-state index in [1.54, 1.807) is 0 Å². The molecular formula is C9H15N3O. The van der Waals surface area contributed by atoms with E-state index >= 15 is 0 Å². The highest BCUT2D eigenvalue weighted by Crippen LogP contribution is 2.33. The van der Waals surface area contributed by atoms with Gasteiger partial charge in [0.1, 0.15) is 0 Å². The molecule has 13 heavy (non-hydrogen) atoms. The fraction of sp³-hybridized carbons (Fsp3) is 0.778. The Labute approximate surface area is 77.7 Å². The molecule has 0 bridgehead atoms. The van der Waals surface area contributed by atoms with Gasteiger partial charge in [-0.05, 0) is 25.2 Å². The Hall–Kier alpha value is -0.900. The van der Waals surface area contributed by atoms with E-state index in [-0.39, 0.29) is 0 Å². The number of aromatic nitrogens is 2. The van der Waals surface area contributed by atoms with Gasteiger partial charge in [-0.2, -0.15) is 4.98 Å². The number of rotatable bonds is 5. The smallest absolute Gasteiger partial charge is 0.213 e. The highest BCUT2D eigenvalue weighted by Gasteiger charge is 2.29. The van der Waals surface area contributed by atoms with Crippen molar-refractivity contribution in [1.29, 1.82) is 0 Å². The molecule has 0 spiro atoms. The first kappa shape index (κ1) is 8.69. The van der Waals surface area contributed by atoms with E-state index < -0.39 is 0 Å². The molecule has 2 rings (SSSR count). The zero-order chi connectivity index (χ0) is 9.10. The molecule has 1 heterocycles. The number of hydrogen-bond acceptors (Lipinski definition) is 4. The first-order valence-electron chi connectivity index (χ1n) is 4.88. The largest absolute Gasteiger partial charge is 0.343 e. The van der Waals surface area contributed by atoms with Crippen molar-refractivity contribution in [2.75, 3.05) is 0 Å². The topological polar surface area (TPSA) is 51.0 Å². The third kappa shape index (κ3) is 2.28. The van der Waals surface area contributed by atoms with Gasteiger partial charge in [-0.15, -0.1) is 0 Å². The van der Waals surface area contributed by atoms with Crippen molar-refractivity contribution >= 4 is 0 Å². The van der Waals surface area contributed by atoms with Crippen LogP contribution in [0.4, 0.5) is 0 Å². The van der Waals surface area contributed by atoms with E-state index in [0.29, 0.717) is 6.04 Å². The summed E-state index contributed by atoms with van der Waals surface area (Å²) in [6.45, 7) is 2.94. The molecule has 1 aromatic rings. The summed E-state index contributed by atoms with van der Waals surface area (Å²) in [6, 6.07) is 0.638. The molecule has 1 atom stereocenters. The molecule has 1 aliphatic rings. The zero-order valence-electron chi connectivity index (χ0n) is 7.86. The lowest BCUT2D eigenvalue weighted by molar-refractivity contribution is 0.396. The van der Waals surface area contributed by atoms with Crippen molar-refractivity contribution in [2.24, 2.45) is 5.92 Å². The number of hydrogen-bond donors (Lipinski definition) is 1. The molecule has 0 aromatic carbocycles. The standard InChI is InChI=1S/C9H15N3O/c1-2-8(7-3-4-7)10-5-9-11-6-13-12-9/h6-8,10H,2-5H2,1H3. The Balaban J connectivity index is 1.77. The fourth-order valence-corrected chi connectivity index (χ4v) is 1.64. The lowest BCUT2D eigenvalue weighted by Crippen LogP contribution is -2.30. The molecule has 4 nitrogen and oxygen atoms in total. The van der Waals surface area contributed by atoms with Gasteiger partial charge >= 0.3 is 0 Å². The SMILES string of the molecule is CCC(NCc1ncon1)C1CC1. The van der Waals surface area contributed by atoms with Crippen LogP contribution in [0.3, 0.4) is 0 Å². The van der Waals surface area contributed by atoms with Crippen molar-refractivity contribution in [3.8, 4) is 0 Å². The van der Waals surface area contributed by atoms with Gasteiger partial charge < -0.3 is 9.84 Å². The van der Waals surface area contributed by atoms with E-state index in [4.69, 9.17) is 0 Å². The molecule has 0 saturated heterocycles. The summed E-state index contributed by atoms with van der Waals surface area (Å²) in [5, 5.41) is 7.20. The van der Waals surface area contributed by atoms with Gasteiger partial charge in [-0.1, -0.05) is 12.1 Å². The molecule has 1 aliphatic carbocycles. The van der Waals surface area contributed by atoms with Crippen LogP contribution in [0.25, 0.3) is 0 Å². The Bertz CT molecular complexity index is 243. The predicted octanol–water partition coefficient (Wildman–Crippen LogP) is 1.35. The monoisotopic (exact) mass is 181 g/mol. The van der Waals surface area contributed by atoms with Crippen molar-refractivity contribution in [3.63, 3.8) is 0 Å². The lowest BCUT2D eigenvalue weighted by atomic mass is 10.1. The lowest BCUT2D eigenvalue weighted by Gasteiger charge is -2.13. The maximum atomic E-state index is 4.66. The van der Waals surface area contributed by atoms with Crippen LogP contribution in [0, 0.1) is 5.92 Å². The normalized spacial score (nSPS) is 18.8. The van der Waals surface area contributed by atoms with Gasteiger partial charge in [-0.25, -0.2) is 0 Å². The minimum absolute atomic E-state index is 0.638. The van der Waals surface area contributed by atoms with Crippen molar-refractivity contribution in [1.82, 2.24) is 15.5 Å². The average molecular weight is 181 g/mol. The van der Waals surface area contributed by atoms with E-state index in [0.717, 1.165) is 18.3 Å². The average Bonchev–Trinajstić information content (AvgIpc) is 2.84. The van der Waals surface area contributed by atoms with E-state index in [9.17, 15) is 0 Å². The molecule has 1 unspecified atom stereocenters. The van der Waals surface area contributed by atoms with Crippen LogP contribution in [0.15, 0.2) is 10.9 Å². The maximum Gasteiger partial charge on any atom is 0.213 e. The Kier molecular flexibility index (Phi) is 2.59. The molecule has 0 radical (unpaired) electrons. The van der Waals surface area contributed by atoms with Crippen LogP contribution in [-0.2, 0) is 6.54 Å². The highest BCUT2D eigenvalue weighted by atomic mass is 16.5. The Morgan fingerprint density at radius 1 is 1.69 bits per heavy atom. The molecule has 72 valence electrons. The van der Waals surface area contributed by atoms with Crippen LogP contribution < -0.4 is 5.32 Å². The second-order valence-corrected chi connectivity index (χ2v) is 3.58. The van der Waals surface area contributed by atoms with Gasteiger partial charge in [0.25, 0.3) is 0 Å².